The minimum Gasteiger partial charge on any atom is -0.357 e. The number of aliphatic imine (C=N–C) groups is 1. The van der Waals surface area contributed by atoms with E-state index in [2.05, 4.69) is 27.5 Å². The minimum absolute atomic E-state index is 0. The van der Waals surface area contributed by atoms with Crippen LogP contribution in [0.3, 0.4) is 0 Å². The number of guanidine groups is 1. The van der Waals surface area contributed by atoms with E-state index in [9.17, 15) is 4.79 Å². The Morgan fingerprint density at radius 3 is 2.46 bits per heavy atom. The predicted molar refractivity (Wildman–Crippen MR) is 127 cm³/mol. The first kappa shape index (κ1) is 24.4. The summed E-state index contributed by atoms with van der Waals surface area (Å²) in [6.45, 7) is 10.8. The molecule has 2 rings (SSSR count). The largest absolute Gasteiger partial charge is 0.357 e. The van der Waals surface area contributed by atoms with Crippen LogP contribution in [0, 0.1) is 13.8 Å². The Bertz CT molecular complexity index is 744. The average Bonchev–Trinajstić information content (AvgIpc) is 3.00. The number of nitrogens with zero attached hydrogens (tertiary/aromatic N) is 3. The lowest BCUT2D eigenvalue weighted by Crippen LogP contribution is -2.38. The van der Waals surface area contributed by atoms with Gasteiger partial charge in [-0.05, 0) is 33.3 Å². The molecule has 2 aromatic rings. The number of nitrogens with one attached hydrogen (secondary N) is 2. The van der Waals surface area contributed by atoms with Gasteiger partial charge in [0.1, 0.15) is 11.6 Å². The summed E-state index contributed by atoms with van der Waals surface area (Å²) >= 11 is 1.68. The normalized spacial score (nSPS) is 10.9. The average molecular weight is 515 g/mol. The van der Waals surface area contributed by atoms with E-state index >= 15 is 0 Å². The van der Waals surface area contributed by atoms with Gasteiger partial charge in [-0.3, -0.25) is 4.79 Å². The number of aromatic nitrogens is 1. The molecule has 2 N–H and O–H groups in total. The Hall–Kier alpha value is -1.68. The van der Waals surface area contributed by atoms with Gasteiger partial charge in [0.2, 0.25) is 5.91 Å². The van der Waals surface area contributed by atoms with Gasteiger partial charge in [-0.15, -0.1) is 35.3 Å². The molecule has 0 atom stereocenters. The standard InChI is InChI=1S/C20H29N5OS.HI/c1-5-21-20(22-12-18-24-15(3)16(4)27-18)23-13-19(26)25(6-2)14-17-10-8-7-9-11-17;/h7-11H,5-6,12-14H2,1-4H3,(H2,21,22,23);1H. The highest BCUT2D eigenvalue weighted by atomic mass is 127. The SMILES string of the molecule is CCNC(=NCC(=O)N(CC)Cc1ccccc1)NCc1nc(C)c(C)s1.I. The second-order valence-electron chi connectivity index (χ2n) is 6.19. The van der Waals surface area contributed by atoms with Crippen LogP contribution in [0.2, 0.25) is 0 Å². The fraction of sp³-hybridized carbons (Fsp3) is 0.450. The molecule has 1 heterocycles. The lowest BCUT2D eigenvalue weighted by atomic mass is 10.2. The third-order valence-electron chi connectivity index (χ3n) is 4.15. The quantitative estimate of drug-likeness (QED) is 0.321. The van der Waals surface area contributed by atoms with Crippen molar-refractivity contribution in [2.45, 2.75) is 40.8 Å². The van der Waals surface area contributed by atoms with Crippen molar-refractivity contribution in [3.8, 4) is 0 Å². The van der Waals surface area contributed by atoms with Crippen LogP contribution in [-0.4, -0.2) is 41.4 Å². The van der Waals surface area contributed by atoms with Crippen molar-refractivity contribution in [2.24, 2.45) is 4.99 Å². The van der Waals surface area contributed by atoms with Crippen molar-refractivity contribution in [3.63, 3.8) is 0 Å². The molecule has 0 fully saturated rings. The third-order valence-corrected chi connectivity index (χ3v) is 5.22. The van der Waals surface area contributed by atoms with Gasteiger partial charge in [-0.25, -0.2) is 9.98 Å². The fourth-order valence-electron chi connectivity index (χ4n) is 2.54. The van der Waals surface area contributed by atoms with E-state index in [1.807, 2.05) is 56.0 Å². The zero-order valence-corrected chi connectivity index (χ0v) is 20.1. The highest BCUT2D eigenvalue weighted by Crippen LogP contribution is 2.15. The number of thiazole rings is 1. The Balaban J connectivity index is 0.00000392. The summed E-state index contributed by atoms with van der Waals surface area (Å²) in [7, 11) is 0. The molecule has 6 nitrogen and oxygen atoms in total. The maximum absolute atomic E-state index is 12.6. The van der Waals surface area contributed by atoms with Crippen LogP contribution in [0.1, 0.15) is 35.0 Å². The minimum atomic E-state index is 0. The molecule has 0 aliphatic rings. The molecule has 8 heteroatoms. The third kappa shape index (κ3) is 7.75. The second kappa shape index (κ2) is 12.7. The topological polar surface area (TPSA) is 69.6 Å². The zero-order valence-electron chi connectivity index (χ0n) is 17.0. The highest BCUT2D eigenvalue weighted by Gasteiger charge is 2.12. The van der Waals surface area contributed by atoms with Gasteiger partial charge in [0.15, 0.2) is 5.96 Å². The number of aryl methyl sites for hydroxylation is 2. The highest BCUT2D eigenvalue weighted by molar-refractivity contribution is 14.0. The van der Waals surface area contributed by atoms with Crippen molar-refractivity contribution < 1.29 is 4.79 Å². The van der Waals surface area contributed by atoms with Crippen LogP contribution in [0.15, 0.2) is 35.3 Å². The predicted octanol–water partition coefficient (Wildman–Crippen LogP) is 3.48. The number of benzene rings is 1. The lowest BCUT2D eigenvalue weighted by Gasteiger charge is -2.20. The monoisotopic (exact) mass is 515 g/mol. The summed E-state index contributed by atoms with van der Waals surface area (Å²) in [4.78, 5) is 24.6. The summed E-state index contributed by atoms with van der Waals surface area (Å²) in [6.07, 6.45) is 0. The molecule has 0 radical (unpaired) electrons. The van der Waals surface area contributed by atoms with Gasteiger partial charge in [0.25, 0.3) is 0 Å². The Morgan fingerprint density at radius 1 is 1.18 bits per heavy atom. The van der Waals surface area contributed by atoms with Gasteiger partial charge in [-0.1, -0.05) is 30.3 Å². The molecule has 1 aromatic carbocycles. The van der Waals surface area contributed by atoms with Crippen LogP contribution in [0.25, 0.3) is 0 Å². The summed E-state index contributed by atoms with van der Waals surface area (Å²) in [5.74, 6) is 0.645. The Labute approximate surface area is 188 Å². The summed E-state index contributed by atoms with van der Waals surface area (Å²) < 4.78 is 0. The first-order valence-electron chi connectivity index (χ1n) is 9.30. The molecule has 154 valence electrons. The van der Waals surface area contributed by atoms with Crippen LogP contribution in [-0.2, 0) is 17.9 Å². The number of likely N-dealkylation sites (N-methyl/N-ethyl adjacent to an activating group) is 1. The van der Waals surface area contributed by atoms with E-state index in [1.165, 1.54) is 4.88 Å². The Morgan fingerprint density at radius 2 is 1.89 bits per heavy atom. The van der Waals surface area contributed by atoms with Crippen molar-refractivity contribution in [1.82, 2.24) is 20.5 Å². The van der Waals surface area contributed by atoms with E-state index in [-0.39, 0.29) is 36.4 Å². The second-order valence-corrected chi connectivity index (χ2v) is 7.48. The maximum atomic E-state index is 12.6. The molecule has 0 aliphatic carbocycles. The molecule has 0 aliphatic heterocycles. The van der Waals surface area contributed by atoms with E-state index in [1.54, 1.807) is 11.3 Å². The van der Waals surface area contributed by atoms with E-state index < -0.39 is 0 Å². The molecule has 1 amide bonds. The molecule has 0 bridgehead atoms. The van der Waals surface area contributed by atoms with Gasteiger partial charge in [0.05, 0.1) is 12.2 Å². The lowest BCUT2D eigenvalue weighted by molar-refractivity contribution is -0.130. The summed E-state index contributed by atoms with van der Waals surface area (Å²) in [5, 5.41) is 7.45. The van der Waals surface area contributed by atoms with E-state index in [0.717, 1.165) is 22.8 Å². The fourth-order valence-corrected chi connectivity index (χ4v) is 3.42. The van der Waals surface area contributed by atoms with Crippen LogP contribution >= 0.6 is 35.3 Å². The van der Waals surface area contributed by atoms with Gasteiger partial charge in [-0.2, -0.15) is 0 Å². The van der Waals surface area contributed by atoms with Crippen LogP contribution < -0.4 is 10.6 Å². The molecule has 0 saturated carbocycles. The molecule has 28 heavy (non-hydrogen) atoms. The molecular formula is C20H30IN5OS. The molecule has 0 saturated heterocycles. The molecular weight excluding hydrogens is 485 g/mol. The number of hydrogen-bond donors (Lipinski definition) is 2. The number of rotatable bonds is 8. The first-order valence-corrected chi connectivity index (χ1v) is 10.1. The molecule has 0 spiro atoms. The Kier molecular flexibility index (Phi) is 11.1. The summed E-state index contributed by atoms with van der Waals surface area (Å²) in [6, 6.07) is 10.0. The number of hydrogen-bond acceptors (Lipinski definition) is 4. The molecule has 1 aromatic heterocycles. The van der Waals surface area contributed by atoms with Gasteiger partial charge < -0.3 is 15.5 Å². The number of carbonyl (C=O) groups is 1. The smallest absolute Gasteiger partial charge is 0.244 e. The van der Waals surface area contributed by atoms with E-state index in [4.69, 9.17) is 0 Å². The van der Waals surface area contributed by atoms with E-state index in [0.29, 0.717) is 25.6 Å². The number of carbonyl (C=O) groups excluding carboxylic acids is 1. The van der Waals surface area contributed by atoms with Crippen molar-refractivity contribution in [1.29, 1.82) is 0 Å². The van der Waals surface area contributed by atoms with Gasteiger partial charge >= 0.3 is 0 Å². The zero-order chi connectivity index (χ0) is 19.6. The number of halogens is 1. The van der Waals surface area contributed by atoms with Crippen LogP contribution in [0.4, 0.5) is 0 Å². The van der Waals surface area contributed by atoms with Crippen LogP contribution in [0.5, 0.6) is 0 Å². The number of amides is 1. The molecule has 0 unspecified atom stereocenters. The van der Waals surface area contributed by atoms with Gasteiger partial charge in [0, 0.05) is 24.5 Å². The first-order chi connectivity index (χ1) is 13.0. The van der Waals surface area contributed by atoms with Crippen molar-refractivity contribution in [2.75, 3.05) is 19.6 Å². The van der Waals surface area contributed by atoms with Crippen molar-refractivity contribution in [3.05, 3.63) is 51.5 Å². The summed E-state index contributed by atoms with van der Waals surface area (Å²) in [5.41, 5.74) is 2.18. The maximum Gasteiger partial charge on any atom is 0.244 e. The van der Waals surface area contributed by atoms with Crippen molar-refractivity contribution >= 4 is 47.2 Å².